The van der Waals surface area contributed by atoms with Crippen LogP contribution in [-0.2, 0) is 9.47 Å². The molecule has 0 aliphatic carbocycles. The second kappa shape index (κ2) is 11.5. The van der Waals surface area contributed by atoms with Crippen molar-refractivity contribution in [3.8, 4) is 5.75 Å². The average molecular weight is 419 g/mol. The molecule has 0 spiro atoms. The number of nitrogens with zero attached hydrogens (tertiary/aromatic N) is 3. The molecule has 30 heavy (non-hydrogen) atoms. The topological polar surface area (TPSA) is 58.6 Å². The highest BCUT2D eigenvalue weighted by Crippen LogP contribution is 2.24. The summed E-state index contributed by atoms with van der Waals surface area (Å²) in [4.78, 5) is 9.34. The van der Waals surface area contributed by atoms with Gasteiger partial charge in [0.2, 0.25) is 0 Å². The lowest BCUT2D eigenvalue weighted by molar-refractivity contribution is -0.0817. The van der Waals surface area contributed by atoms with Crippen molar-refractivity contribution >= 4 is 5.96 Å². The molecule has 2 aliphatic rings. The second-order valence-electron chi connectivity index (χ2n) is 7.85. The van der Waals surface area contributed by atoms with Gasteiger partial charge in [-0.3, -0.25) is 9.89 Å². The first-order chi connectivity index (χ1) is 14.7. The zero-order chi connectivity index (χ0) is 21.3. The summed E-state index contributed by atoms with van der Waals surface area (Å²) in [6.07, 6.45) is 2.55. The minimum absolute atomic E-state index is 0.122. The van der Waals surface area contributed by atoms with Crippen LogP contribution in [0.4, 0.5) is 0 Å². The van der Waals surface area contributed by atoms with Gasteiger partial charge in [0.25, 0.3) is 0 Å². The molecule has 1 aromatic rings. The third-order valence-electron chi connectivity index (χ3n) is 6.17. The Labute approximate surface area is 181 Å². The standard InChI is InChI=1S/C23H38N4O3/c1-5-26(6-2)20(18-9-7-10-19(15-18)28-4)16-25-23(24-3)27-12-14-30-22(17-27)21-11-8-13-29-21/h7,9-10,15,20-22H,5-6,8,11-14,16-17H2,1-4H3,(H,24,25). The van der Waals surface area contributed by atoms with Crippen LogP contribution in [0.2, 0.25) is 0 Å². The Morgan fingerprint density at radius 1 is 1.27 bits per heavy atom. The smallest absolute Gasteiger partial charge is 0.193 e. The molecule has 3 unspecified atom stereocenters. The number of likely N-dealkylation sites (N-methyl/N-ethyl adjacent to an activating group) is 1. The number of methoxy groups -OCH3 is 1. The third kappa shape index (κ3) is 5.65. The summed E-state index contributed by atoms with van der Waals surface area (Å²) in [5.41, 5.74) is 1.25. The number of hydrogen-bond acceptors (Lipinski definition) is 5. The number of guanidine groups is 1. The van der Waals surface area contributed by atoms with Gasteiger partial charge in [-0.05, 0) is 43.6 Å². The molecule has 0 bridgehead atoms. The number of ether oxygens (including phenoxy) is 3. The number of nitrogens with one attached hydrogen (secondary N) is 1. The fourth-order valence-electron chi connectivity index (χ4n) is 4.48. The Balaban J connectivity index is 1.67. The highest BCUT2D eigenvalue weighted by atomic mass is 16.5. The first-order valence-corrected chi connectivity index (χ1v) is 11.3. The van der Waals surface area contributed by atoms with E-state index < -0.39 is 0 Å². The van der Waals surface area contributed by atoms with E-state index in [0.717, 1.165) is 63.9 Å². The van der Waals surface area contributed by atoms with Gasteiger partial charge in [-0.25, -0.2) is 0 Å². The highest BCUT2D eigenvalue weighted by molar-refractivity contribution is 5.80. The zero-order valence-electron chi connectivity index (χ0n) is 19.0. The van der Waals surface area contributed by atoms with Gasteiger partial charge in [-0.15, -0.1) is 0 Å². The van der Waals surface area contributed by atoms with Crippen molar-refractivity contribution in [2.24, 2.45) is 4.99 Å². The molecule has 3 atom stereocenters. The van der Waals surface area contributed by atoms with Crippen LogP contribution in [0.3, 0.4) is 0 Å². The molecule has 0 amide bonds. The predicted octanol–water partition coefficient (Wildman–Crippen LogP) is 2.53. The third-order valence-corrected chi connectivity index (χ3v) is 6.17. The van der Waals surface area contributed by atoms with E-state index in [2.05, 4.69) is 52.2 Å². The van der Waals surface area contributed by atoms with Gasteiger partial charge in [0.15, 0.2) is 5.96 Å². The van der Waals surface area contributed by atoms with Crippen molar-refractivity contribution in [2.75, 3.05) is 60.1 Å². The number of aliphatic imine (C=N–C) groups is 1. The largest absolute Gasteiger partial charge is 0.497 e. The van der Waals surface area contributed by atoms with Gasteiger partial charge in [0.05, 0.1) is 25.9 Å². The van der Waals surface area contributed by atoms with E-state index >= 15 is 0 Å². The van der Waals surface area contributed by atoms with Crippen LogP contribution in [-0.4, -0.2) is 88.1 Å². The van der Waals surface area contributed by atoms with Gasteiger partial charge in [0, 0.05) is 33.3 Å². The van der Waals surface area contributed by atoms with Crippen molar-refractivity contribution in [3.05, 3.63) is 29.8 Å². The molecule has 0 saturated carbocycles. The van der Waals surface area contributed by atoms with Gasteiger partial charge >= 0.3 is 0 Å². The van der Waals surface area contributed by atoms with Crippen molar-refractivity contribution in [1.29, 1.82) is 0 Å². The Hall–Kier alpha value is -1.83. The number of rotatable bonds is 8. The number of hydrogen-bond donors (Lipinski definition) is 1. The van der Waals surface area contributed by atoms with E-state index in [1.807, 2.05) is 13.1 Å². The molecule has 0 radical (unpaired) electrons. The average Bonchev–Trinajstić information content (AvgIpc) is 3.34. The lowest BCUT2D eigenvalue weighted by atomic mass is 10.0. The fraction of sp³-hybridized carbons (Fsp3) is 0.696. The quantitative estimate of drug-likeness (QED) is 0.517. The lowest BCUT2D eigenvalue weighted by Gasteiger charge is -2.38. The van der Waals surface area contributed by atoms with E-state index in [0.29, 0.717) is 6.61 Å². The van der Waals surface area contributed by atoms with Crippen LogP contribution in [0.5, 0.6) is 5.75 Å². The number of benzene rings is 1. The van der Waals surface area contributed by atoms with Crippen LogP contribution in [0.15, 0.2) is 29.3 Å². The van der Waals surface area contributed by atoms with Crippen LogP contribution in [0.1, 0.15) is 38.3 Å². The molecule has 2 heterocycles. The summed E-state index contributed by atoms with van der Waals surface area (Å²) in [5.74, 6) is 1.82. The predicted molar refractivity (Wildman–Crippen MR) is 120 cm³/mol. The summed E-state index contributed by atoms with van der Waals surface area (Å²) in [5, 5.41) is 3.63. The second-order valence-corrected chi connectivity index (χ2v) is 7.85. The van der Waals surface area contributed by atoms with E-state index in [-0.39, 0.29) is 18.2 Å². The summed E-state index contributed by atoms with van der Waals surface area (Å²) in [6, 6.07) is 8.61. The molecule has 1 aromatic carbocycles. The monoisotopic (exact) mass is 418 g/mol. The summed E-state index contributed by atoms with van der Waals surface area (Å²) in [7, 11) is 3.57. The molecular weight excluding hydrogens is 380 g/mol. The SMILES string of the molecule is CCN(CC)C(CNC(=NC)N1CCOC(C2CCCO2)C1)c1cccc(OC)c1. The molecule has 7 nitrogen and oxygen atoms in total. The van der Waals surface area contributed by atoms with Gasteiger partial charge in [0.1, 0.15) is 11.9 Å². The number of morpholine rings is 1. The zero-order valence-corrected chi connectivity index (χ0v) is 19.0. The first kappa shape index (κ1) is 22.8. The highest BCUT2D eigenvalue weighted by Gasteiger charge is 2.32. The minimum atomic E-state index is 0.122. The van der Waals surface area contributed by atoms with E-state index in [1.54, 1.807) is 7.11 Å². The van der Waals surface area contributed by atoms with Crippen molar-refractivity contribution in [2.45, 2.75) is 44.9 Å². The van der Waals surface area contributed by atoms with Crippen LogP contribution < -0.4 is 10.1 Å². The van der Waals surface area contributed by atoms with Crippen LogP contribution >= 0.6 is 0 Å². The fourth-order valence-corrected chi connectivity index (χ4v) is 4.48. The molecule has 2 aliphatic heterocycles. The maximum atomic E-state index is 6.01. The van der Waals surface area contributed by atoms with Gasteiger partial charge in [-0.1, -0.05) is 26.0 Å². The maximum absolute atomic E-state index is 6.01. The van der Waals surface area contributed by atoms with Crippen molar-refractivity contribution in [3.63, 3.8) is 0 Å². The summed E-state index contributed by atoms with van der Waals surface area (Å²) in [6.45, 7) is 10.4. The minimum Gasteiger partial charge on any atom is -0.497 e. The Morgan fingerprint density at radius 2 is 2.07 bits per heavy atom. The molecule has 168 valence electrons. The van der Waals surface area contributed by atoms with Gasteiger partial charge in [-0.2, -0.15) is 0 Å². The summed E-state index contributed by atoms with van der Waals surface area (Å²) >= 11 is 0. The Bertz CT molecular complexity index is 674. The summed E-state index contributed by atoms with van der Waals surface area (Å²) < 4.78 is 17.3. The molecule has 2 fully saturated rings. The van der Waals surface area contributed by atoms with Crippen LogP contribution in [0, 0.1) is 0 Å². The van der Waals surface area contributed by atoms with Crippen molar-refractivity contribution in [1.82, 2.24) is 15.1 Å². The van der Waals surface area contributed by atoms with E-state index in [1.165, 1.54) is 5.56 Å². The molecule has 0 aromatic heterocycles. The lowest BCUT2D eigenvalue weighted by Crippen LogP contribution is -2.54. The normalized spacial score (nSPS) is 23.6. The van der Waals surface area contributed by atoms with Crippen LogP contribution in [0.25, 0.3) is 0 Å². The molecule has 7 heteroatoms. The molecule has 2 saturated heterocycles. The van der Waals surface area contributed by atoms with E-state index in [9.17, 15) is 0 Å². The van der Waals surface area contributed by atoms with E-state index in [4.69, 9.17) is 14.2 Å². The molecule has 1 N–H and O–H groups in total. The Kier molecular flexibility index (Phi) is 8.78. The molecular formula is C23H38N4O3. The Morgan fingerprint density at radius 3 is 2.73 bits per heavy atom. The maximum Gasteiger partial charge on any atom is 0.193 e. The molecule has 3 rings (SSSR count). The van der Waals surface area contributed by atoms with Crippen molar-refractivity contribution < 1.29 is 14.2 Å². The first-order valence-electron chi connectivity index (χ1n) is 11.3. The van der Waals surface area contributed by atoms with Gasteiger partial charge < -0.3 is 24.4 Å².